The zero-order chi connectivity index (χ0) is 44.5. The number of hydrogen-bond donors (Lipinski definition) is 3. The van der Waals surface area contributed by atoms with Crippen LogP contribution in [-0.4, -0.2) is 69.3 Å². The SMILES string of the molecule is CCCCCC1CCC(C2(C)CCC(O)C34C(O)CCC(C)CC(Cc5ccccc5)CSSCC5CCCCC56CC#CC(C)(CC(OC6=O)C23)C4(O)CCC2=CC(=O)OC2)C1. The Morgan fingerprint density at radius 2 is 1.67 bits per heavy atom. The molecule has 1 saturated heterocycles. The van der Waals surface area contributed by atoms with Gasteiger partial charge < -0.3 is 24.8 Å². The summed E-state index contributed by atoms with van der Waals surface area (Å²) in [4.78, 5) is 27.9. The fourth-order valence-electron chi connectivity index (χ4n) is 15.0. The van der Waals surface area contributed by atoms with Crippen molar-refractivity contribution in [3.05, 3.63) is 47.5 Å². The number of fused-ring (bicyclic) bond motifs is 2. The third-order valence-electron chi connectivity index (χ3n) is 18.4. The van der Waals surface area contributed by atoms with Gasteiger partial charge in [0.15, 0.2) is 0 Å². The Kier molecular flexibility index (Phi) is 14.9. The predicted molar refractivity (Wildman–Crippen MR) is 254 cm³/mol. The zero-order valence-corrected chi connectivity index (χ0v) is 40.6. The van der Waals surface area contributed by atoms with Gasteiger partial charge in [-0.15, -0.1) is 5.92 Å². The Morgan fingerprint density at radius 1 is 0.873 bits per heavy atom. The molecule has 9 heteroatoms. The minimum atomic E-state index is -1.69. The summed E-state index contributed by atoms with van der Waals surface area (Å²) in [6.07, 6.45) is 16.4. The molecule has 1 aromatic carbocycles. The van der Waals surface area contributed by atoms with Crippen molar-refractivity contribution in [3.8, 4) is 11.8 Å². The molecule has 0 amide bonds. The highest BCUT2D eigenvalue weighted by molar-refractivity contribution is 8.76. The van der Waals surface area contributed by atoms with Crippen molar-refractivity contribution in [3.63, 3.8) is 0 Å². The number of benzene rings is 1. The molecule has 63 heavy (non-hydrogen) atoms. The van der Waals surface area contributed by atoms with Crippen LogP contribution in [0.5, 0.6) is 0 Å². The van der Waals surface area contributed by atoms with Gasteiger partial charge in [-0.2, -0.15) is 0 Å². The number of carbonyl (C=O) groups excluding carboxylic acids is 2. The summed E-state index contributed by atoms with van der Waals surface area (Å²) >= 11 is 0. The Morgan fingerprint density at radius 3 is 2.44 bits per heavy atom. The van der Waals surface area contributed by atoms with Gasteiger partial charge in [-0.05, 0) is 130 Å². The Balaban J connectivity index is 1.28. The molecule has 3 N–H and O–H groups in total. The molecule has 4 bridgehead atoms. The van der Waals surface area contributed by atoms with Gasteiger partial charge in [0.1, 0.15) is 12.7 Å². The number of aliphatic hydroxyl groups is 3. The lowest BCUT2D eigenvalue weighted by Gasteiger charge is -2.71. The van der Waals surface area contributed by atoms with Crippen LogP contribution in [0, 0.1) is 69.0 Å². The van der Waals surface area contributed by atoms with Crippen LogP contribution in [0.3, 0.4) is 0 Å². The van der Waals surface area contributed by atoms with Crippen LogP contribution in [0.15, 0.2) is 42.0 Å². The normalized spacial score (nSPS) is 43.3. The Bertz CT molecular complexity index is 1860. The van der Waals surface area contributed by atoms with E-state index in [0.29, 0.717) is 55.8 Å². The highest BCUT2D eigenvalue weighted by Gasteiger charge is 2.78. The van der Waals surface area contributed by atoms with Crippen molar-refractivity contribution >= 4 is 33.5 Å². The Labute approximate surface area is 387 Å². The molecule has 14 atom stereocenters. The van der Waals surface area contributed by atoms with Gasteiger partial charge in [-0.1, -0.05) is 124 Å². The molecule has 14 unspecified atom stereocenters. The van der Waals surface area contributed by atoms with Crippen LogP contribution in [0.4, 0.5) is 0 Å². The number of unbranched alkanes of at least 4 members (excludes halogenated alkanes) is 2. The molecule has 0 radical (unpaired) electrons. The fourth-order valence-corrected chi connectivity index (χ4v) is 18.0. The molecule has 1 aromatic rings. The number of ether oxygens (including phenoxy) is 2. The summed E-state index contributed by atoms with van der Waals surface area (Å²) < 4.78 is 12.6. The summed E-state index contributed by atoms with van der Waals surface area (Å²) in [5.74, 6) is 9.94. The molecule has 8 rings (SSSR count). The molecular formula is C54H78O7S2. The maximum Gasteiger partial charge on any atom is 0.331 e. The van der Waals surface area contributed by atoms with Crippen LogP contribution in [-0.2, 0) is 25.5 Å². The van der Waals surface area contributed by atoms with Crippen molar-refractivity contribution in [1.29, 1.82) is 0 Å². The van der Waals surface area contributed by atoms with Crippen molar-refractivity contribution in [2.24, 2.45) is 57.2 Å². The first kappa shape index (κ1) is 47.5. The molecule has 4 saturated carbocycles. The van der Waals surface area contributed by atoms with Crippen molar-refractivity contribution < 1.29 is 34.4 Å². The molecule has 3 heterocycles. The van der Waals surface area contributed by atoms with Gasteiger partial charge >= 0.3 is 11.9 Å². The topological polar surface area (TPSA) is 113 Å². The lowest BCUT2D eigenvalue weighted by atomic mass is 9.35. The smallest absolute Gasteiger partial charge is 0.331 e. The van der Waals surface area contributed by atoms with E-state index in [4.69, 9.17) is 9.47 Å². The minimum Gasteiger partial charge on any atom is -0.462 e. The molecule has 5 fully saturated rings. The second kappa shape index (κ2) is 19.7. The molecule has 1 spiro atoms. The highest BCUT2D eigenvalue weighted by Crippen LogP contribution is 2.72. The monoisotopic (exact) mass is 903 g/mol. The first-order valence-corrected chi connectivity index (χ1v) is 27.7. The predicted octanol–water partition coefficient (Wildman–Crippen LogP) is 11.1. The van der Waals surface area contributed by atoms with Crippen molar-refractivity contribution in [1.82, 2.24) is 0 Å². The van der Waals surface area contributed by atoms with Gasteiger partial charge in [0.05, 0.1) is 34.1 Å². The molecular weight excluding hydrogens is 825 g/mol. The summed E-state index contributed by atoms with van der Waals surface area (Å²) in [5, 5.41) is 41.1. The van der Waals surface area contributed by atoms with Crippen LogP contribution < -0.4 is 0 Å². The Hall–Kier alpha value is -1.96. The first-order chi connectivity index (χ1) is 30.3. The second-order valence-electron chi connectivity index (χ2n) is 22.2. The van der Waals surface area contributed by atoms with Gasteiger partial charge in [-0.3, -0.25) is 4.79 Å². The van der Waals surface area contributed by atoms with Crippen LogP contribution in [0.2, 0.25) is 0 Å². The van der Waals surface area contributed by atoms with E-state index in [0.717, 1.165) is 87.7 Å². The van der Waals surface area contributed by atoms with Gasteiger partial charge in [0.2, 0.25) is 0 Å². The molecule has 348 valence electrons. The third kappa shape index (κ3) is 8.98. The number of cyclic esters (lactones) is 1. The van der Waals surface area contributed by atoms with Crippen LogP contribution in [0.1, 0.15) is 162 Å². The number of aliphatic hydroxyl groups excluding tert-OH is 2. The lowest BCUT2D eigenvalue weighted by Crippen LogP contribution is -2.79. The van der Waals surface area contributed by atoms with E-state index in [-0.39, 0.29) is 30.9 Å². The minimum absolute atomic E-state index is 0.113. The third-order valence-corrected chi connectivity index (χ3v) is 21.1. The molecule has 3 aliphatic heterocycles. The van der Waals surface area contributed by atoms with E-state index in [9.17, 15) is 20.1 Å². The van der Waals surface area contributed by atoms with E-state index >= 15 is 4.79 Å². The lowest BCUT2D eigenvalue weighted by molar-refractivity contribution is -0.338. The van der Waals surface area contributed by atoms with Gasteiger partial charge in [-0.25, -0.2) is 4.79 Å². The maximum atomic E-state index is 15.5. The van der Waals surface area contributed by atoms with Gasteiger partial charge in [0.25, 0.3) is 0 Å². The molecule has 7 aliphatic rings. The molecule has 7 nitrogen and oxygen atoms in total. The maximum absolute atomic E-state index is 15.5. The number of rotatable bonds is 10. The summed E-state index contributed by atoms with van der Waals surface area (Å²) in [6, 6.07) is 10.8. The summed E-state index contributed by atoms with van der Waals surface area (Å²) in [5.41, 5.74) is -3.30. The zero-order valence-electron chi connectivity index (χ0n) is 38.9. The van der Waals surface area contributed by atoms with Crippen molar-refractivity contribution in [2.75, 3.05) is 18.1 Å². The number of carbonyl (C=O) groups is 2. The average Bonchev–Trinajstić information content (AvgIpc) is 3.93. The number of esters is 2. The van der Waals surface area contributed by atoms with Crippen LogP contribution >= 0.6 is 21.6 Å². The first-order valence-electron chi connectivity index (χ1n) is 25.2. The second-order valence-corrected chi connectivity index (χ2v) is 24.8. The van der Waals surface area contributed by atoms with Crippen LogP contribution in [0.25, 0.3) is 0 Å². The fraction of sp³-hybridized carbons (Fsp3) is 0.778. The van der Waals surface area contributed by atoms with E-state index in [1.165, 1.54) is 31.2 Å². The average molecular weight is 903 g/mol. The summed E-state index contributed by atoms with van der Waals surface area (Å²) in [7, 11) is 3.87. The largest absolute Gasteiger partial charge is 0.462 e. The van der Waals surface area contributed by atoms with E-state index in [2.05, 4.69) is 62.9 Å². The van der Waals surface area contributed by atoms with E-state index in [1.54, 1.807) is 6.08 Å². The molecule has 4 aliphatic carbocycles. The quantitative estimate of drug-likeness (QED) is 0.0914. The van der Waals surface area contributed by atoms with Crippen molar-refractivity contribution in [2.45, 2.75) is 186 Å². The van der Waals surface area contributed by atoms with Gasteiger partial charge in [0, 0.05) is 36.3 Å². The van der Waals surface area contributed by atoms with E-state index < -0.39 is 51.5 Å². The number of hydrogen-bond acceptors (Lipinski definition) is 9. The summed E-state index contributed by atoms with van der Waals surface area (Å²) in [6.45, 7) is 9.18. The van der Waals surface area contributed by atoms with E-state index in [1.807, 2.05) is 28.5 Å². The molecule has 0 aromatic heterocycles. The standard InChI is InChI=1S/C54H78O7S2/c1-5-6-8-14-39-19-20-42(31-39)51(4)27-23-46(56)54-45(55)21-18-37(2)29-41(30-38-15-9-7-10-16-38)35-62-63-36-43-17-11-12-25-52(43)26-13-24-50(3,33-44(48(51)54)61-49(52)58)53(54,59)28-22-40-32-47(57)60-34-40/h7,9-10,15-16,32,37,39,41-46,48,55-56,59H,5-6,8,11-12,14,17-23,25-31,33-36H2,1-4H3. The highest BCUT2D eigenvalue weighted by atomic mass is 33.1.